The van der Waals surface area contributed by atoms with Crippen molar-refractivity contribution in [1.82, 2.24) is 45.0 Å². The average Bonchev–Trinajstić information content (AvgIpc) is 3.51. The number of aromatic nitrogens is 7. The number of hydrogen-bond donors (Lipinski definition) is 2. The van der Waals surface area contributed by atoms with Crippen molar-refractivity contribution in [3.8, 4) is 11.3 Å². The van der Waals surface area contributed by atoms with Crippen molar-refractivity contribution in [3.63, 3.8) is 0 Å². The Morgan fingerprint density at radius 2 is 2.00 bits per heavy atom. The molecule has 1 aromatic carbocycles. The zero-order chi connectivity index (χ0) is 27.9. The number of carbonyl (C=O) groups is 1. The molecule has 0 saturated carbocycles. The summed E-state index contributed by atoms with van der Waals surface area (Å²) in [6.07, 6.45) is 7.92. The van der Waals surface area contributed by atoms with E-state index in [1.807, 2.05) is 40.1 Å². The minimum atomic E-state index is -0.258. The second-order valence-electron chi connectivity index (χ2n) is 11.4. The van der Waals surface area contributed by atoms with Crippen LogP contribution in [0, 0.1) is 0 Å². The number of nitrogens with zero attached hydrogens (tertiary/aromatic N) is 8. The van der Waals surface area contributed by atoms with Gasteiger partial charge < -0.3 is 15.4 Å². The van der Waals surface area contributed by atoms with Crippen LogP contribution < -0.4 is 10.6 Å². The molecule has 4 aromatic rings. The summed E-state index contributed by atoms with van der Waals surface area (Å²) < 4.78 is 8.92. The number of ether oxygens (including phenoxy) is 1. The molecule has 12 heteroatoms. The Morgan fingerprint density at radius 3 is 2.70 bits per heavy atom. The highest BCUT2D eigenvalue weighted by Gasteiger charge is 2.33. The fraction of sp³-hybridized carbons (Fsp3) is 0.429. The van der Waals surface area contributed by atoms with Crippen LogP contribution in [-0.4, -0.2) is 77.9 Å². The van der Waals surface area contributed by atoms with Gasteiger partial charge in [0.15, 0.2) is 5.69 Å². The van der Waals surface area contributed by atoms with Gasteiger partial charge in [0.2, 0.25) is 5.95 Å². The van der Waals surface area contributed by atoms with E-state index in [1.54, 1.807) is 28.0 Å². The van der Waals surface area contributed by atoms with Crippen molar-refractivity contribution in [2.75, 3.05) is 31.6 Å². The summed E-state index contributed by atoms with van der Waals surface area (Å²) in [6.45, 7) is 9.09. The summed E-state index contributed by atoms with van der Waals surface area (Å²) in [5, 5.41) is 19.0. The van der Waals surface area contributed by atoms with Gasteiger partial charge in [0.1, 0.15) is 0 Å². The quantitative estimate of drug-likeness (QED) is 0.378. The molecule has 1 fully saturated rings. The van der Waals surface area contributed by atoms with E-state index in [-0.39, 0.29) is 17.5 Å². The van der Waals surface area contributed by atoms with Gasteiger partial charge in [0.05, 0.1) is 54.6 Å². The number of amides is 1. The van der Waals surface area contributed by atoms with Gasteiger partial charge in [0.25, 0.3) is 5.91 Å². The molecule has 2 aliphatic heterocycles. The summed E-state index contributed by atoms with van der Waals surface area (Å²) in [7, 11) is 1.86. The van der Waals surface area contributed by atoms with Crippen LogP contribution in [0.3, 0.4) is 0 Å². The van der Waals surface area contributed by atoms with Crippen LogP contribution in [0.4, 0.5) is 11.6 Å². The average molecular weight is 543 g/mol. The van der Waals surface area contributed by atoms with Crippen LogP contribution in [0.1, 0.15) is 48.4 Å². The molecule has 0 radical (unpaired) electrons. The number of carbonyl (C=O) groups excluding carboxylic acids is 1. The molecule has 40 heavy (non-hydrogen) atoms. The third-order valence-corrected chi connectivity index (χ3v) is 7.37. The van der Waals surface area contributed by atoms with Crippen molar-refractivity contribution >= 4 is 17.5 Å². The van der Waals surface area contributed by atoms with Gasteiger partial charge in [0, 0.05) is 38.1 Å². The molecule has 2 N–H and O–H groups in total. The van der Waals surface area contributed by atoms with E-state index in [4.69, 9.17) is 9.72 Å². The monoisotopic (exact) mass is 542 g/mol. The fourth-order valence-corrected chi connectivity index (χ4v) is 5.02. The lowest BCUT2D eigenvalue weighted by Crippen LogP contribution is -2.51. The third kappa shape index (κ3) is 5.45. The van der Waals surface area contributed by atoms with Crippen molar-refractivity contribution in [2.24, 2.45) is 7.05 Å². The van der Waals surface area contributed by atoms with Crippen molar-refractivity contribution in [3.05, 3.63) is 65.9 Å². The zero-order valence-electron chi connectivity index (χ0n) is 23.2. The summed E-state index contributed by atoms with van der Waals surface area (Å²) >= 11 is 0. The molecular weight excluding hydrogens is 508 g/mol. The molecule has 2 aliphatic rings. The number of fused-ring (bicyclic) bond motifs is 1. The van der Waals surface area contributed by atoms with Gasteiger partial charge in [-0.3, -0.25) is 14.4 Å². The Bertz CT molecular complexity index is 1520. The van der Waals surface area contributed by atoms with Crippen LogP contribution in [0.5, 0.6) is 0 Å². The van der Waals surface area contributed by atoms with Crippen LogP contribution >= 0.6 is 0 Å². The number of hydrogen-bond acceptors (Lipinski definition) is 9. The maximum atomic E-state index is 13.3. The Hall–Kier alpha value is -4.16. The third-order valence-electron chi connectivity index (χ3n) is 7.37. The minimum Gasteiger partial charge on any atom is -0.378 e. The lowest BCUT2D eigenvalue weighted by molar-refractivity contribution is -0.0658. The van der Waals surface area contributed by atoms with Crippen LogP contribution in [0.15, 0.2) is 49.1 Å². The highest BCUT2D eigenvalue weighted by molar-refractivity contribution is 5.92. The van der Waals surface area contributed by atoms with E-state index in [0.717, 1.165) is 48.7 Å². The summed E-state index contributed by atoms with van der Waals surface area (Å²) in [6, 6.07) is 8.42. The van der Waals surface area contributed by atoms with Gasteiger partial charge >= 0.3 is 0 Å². The first-order valence-electron chi connectivity index (χ1n) is 13.5. The normalized spacial score (nSPS) is 18.1. The Morgan fingerprint density at radius 1 is 1.15 bits per heavy atom. The largest absolute Gasteiger partial charge is 0.378 e. The molecule has 3 aromatic heterocycles. The zero-order valence-corrected chi connectivity index (χ0v) is 23.2. The molecule has 6 rings (SSSR count). The summed E-state index contributed by atoms with van der Waals surface area (Å²) in [5.41, 5.74) is 4.97. The molecule has 0 aliphatic carbocycles. The van der Waals surface area contributed by atoms with E-state index < -0.39 is 0 Å². The molecule has 1 saturated heterocycles. The van der Waals surface area contributed by atoms with Gasteiger partial charge in [-0.15, -0.1) is 5.10 Å². The van der Waals surface area contributed by atoms with E-state index in [2.05, 4.69) is 54.1 Å². The van der Waals surface area contributed by atoms with E-state index in [0.29, 0.717) is 24.2 Å². The number of nitrogens with one attached hydrogen (secondary N) is 2. The first kappa shape index (κ1) is 26.1. The summed E-state index contributed by atoms with van der Waals surface area (Å²) in [4.78, 5) is 24.8. The standard InChI is InChI=1S/C28H34N10O2/c1-28(2,3)38-15-25(34-35-38)26(39)32-24-14-37(21-16-40-17-21)10-8-18-11-19(5-6-22(18)24)23-7-9-29-27(33-23)31-20-12-30-36(4)13-20/h5-7,9,11-13,15,21,24H,8,10,14,16-17H2,1-4H3,(H,32,39)(H,29,31,33)/t24-/m1/s1. The van der Waals surface area contributed by atoms with E-state index in [1.165, 1.54) is 5.56 Å². The lowest BCUT2D eigenvalue weighted by Gasteiger charge is -2.38. The Labute approximate surface area is 232 Å². The number of aryl methyl sites for hydroxylation is 1. The maximum absolute atomic E-state index is 13.3. The maximum Gasteiger partial charge on any atom is 0.273 e. The molecular formula is C28H34N10O2. The van der Waals surface area contributed by atoms with Crippen molar-refractivity contribution in [1.29, 1.82) is 0 Å². The highest BCUT2D eigenvalue weighted by Crippen LogP contribution is 2.30. The first-order valence-corrected chi connectivity index (χ1v) is 13.5. The van der Waals surface area contributed by atoms with Gasteiger partial charge in [-0.25, -0.2) is 14.6 Å². The molecule has 12 nitrogen and oxygen atoms in total. The molecule has 5 heterocycles. The smallest absolute Gasteiger partial charge is 0.273 e. The van der Waals surface area contributed by atoms with Gasteiger partial charge in [-0.1, -0.05) is 17.3 Å². The SMILES string of the molecule is Cn1cc(Nc2nccc(-c3ccc4c(c3)CCN(C3COC3)C[C@H]4NC(=O)c3cn(C(C)(C)C)nn3)n2)cn1. The molecule has 0 bridgehead atoms. The van der Waals surface area contributed by atoms with E-state index in [9.17, 15) is 4.79 Å². The number of rotatable bonds is 6. The predicted octanol–water partition coefficient (Wildman–Crippen LogP) is 2.70. The molecule has 0 unspecified atom stereocenters. The van der Waals surface area contributed by atoms with Gasteiger partial charge in [-0.2, -0.15) is 5.10 Å². The summed E-state index contributed by atoms with van der Waals surface area (Å²) in [5.74, 6) is 0.272. The fourth-order valence-electron chi connectivity index (χ4n) is 5.02. The van der Waals surface area contributed by atoms with Gasteiger partial charge in [-0.05, 0) is 50.5 Å². The lowest BCUT2D eigenvalue weighted by atomic mass is 9.96. The van der Waals surface area contributed by atoms with Crippen LogP contribution in [-0.2, 0) is 23.7 Å². The first-order chi connectivity index (χ1) is 19.2. The van der Waals surface area contributed by atoms with Crippen molar-refractivity contribution in [2.45, 2.75) is 44.8 Å². The number of anilines is 2. The molecule has 208 valence electrons. The van der Waals surface area contributed by atoms with Crippen LogP contribution in [0.25, 0.3) is 11.3 Å². The molecule has 0 spiro atoms. The minimum absolute atomic E-state index is 0.201. The number of benzene rings is 1. The topological polar surface area (TPSA) is 128 Å². The molecule has 1 atom stereocenters. The van der Waals surface area contributed by atoms with Crippen molar-refractivity contribution < 1.29 is 9.53 Å². The highest BCUT2D eigenvalue weighted by atomic mass is 16.5. The second kappa shape index (κ2) is 10.4. The molecule has 1 amide bonds. The van der Waals surface area contributed by atoms with Crippen LogP contribution in [0.2, 0.25) is 0 Å². The predicted molar refractivity (Wildman–Crippen MR) is 149 cm³/mol. The van der Waals surface area contributed by atoms with E-state index >= 15 is 0 Å². The Balaban J connectivity index is 1.27. The second-order valence-corrected chi connectivity index (χ2v) is 11.4. The Kier molecular flexibility index (Phi) is 6.80.